The number of benzene rings is 2. The lowest BCUT2D eigenvalue weighted by atomic mass is 10.2. The van der Waals surface area contributed by atoms with Crippen LogP contribution in [0.5, 0.6) is 5.75 Å². The molecule has 7 heteroatoms. The summed E-state index contributed by atoms with van der Waals surface area (Å²) in [6, 6.07) is 15.4. The molecule has 0 unspecified atom stereocenters. The van der Waals surface area contributed by atoms with Crippen LogP contribution in [0.4, 0.5) is 5.69 Å². The maximum atomic E-state index is 12.6. The molecular weight excluding hydrogens is 398 g/mol. The van der Waals surface area contributed by atoms with Gasteiger partial charge in [0.25, 0.3) is 5.91 Å². The molecule has 0 bridgehead atoms. The van der Waals surface area contributed by atoms with Gasteiger partial charge < -0.3 is 15.0 Å². The number of thiazole rings is 1. The molecule has 1 aromatic heterocycles. The summed E-state index contributed by atoms with van der Waals surface area (Å²) < 4.78 is 5.73. The summed E-state index contributed by atoms with van der Waals surface area (Å²) in [5.41, 5.74) is 3.22. The Morgan fingerprint density at radius 3 is 2.83 bits per heavy atom. The van der Waals surface area contributed by atoms with Gasteiger partial charge in [-0.1, -0.05) is 29.8 Å². The first-order valence-electron chi connectivity index (χ1n) is 9.89. The molecule has 2 heterocycles. The third-order valence-corrected chi connectivity index (χ3v) is 5.72. The third-order valence-electron chi connectivity index (χ3n) is 4.90. The van der Waals surface area contributed by atoms with Gasteiger partial charge in [0, 0.05) is 30.6 Å². The molecule has 2 amide bonds. The van der Waals surface area contributed by atoms with Crippen molar-refractivity contribution in [2.45, 2.75) is 32.9 Å². The number of hydrogen-bond donors (Lipinski definition) is 1. The zero-order valence-corrected chi connectivity index (χ0v) is 17.6. The number of likely N-dealkylation sites (tertiary alicyclic amines) is 1. The zero-order chi connectivity index (χ0) is 20.9. The summed E-state index contributed by atoms with van der Waals surface area (Å²) in [5, 5.41) is 5.36. The first kappa shape index (κ1) is 20.1. The average Bonchev–Trinajstić information content (AvgIpc) is 3.37. The zero-order valence-electron chi connectivity index (χ0n) is 16.8. The highest BCUT2D eigenvalue weighted by Crippen LogP contribution is 2.19. The molecule has 1 aliphatic heterocycles. The van der Waals surface area contributed by atoms with Crippen molar-refractivity contribution in [3.63, 3.8) is 0 Å². The second kappa shape index (κ2) is 9.09. The fourth-order valence-electron chi connectivity index (χ4n) is 3.30. The van der Waals surface area contributed by atoms with Crippen LogP contribution < -0.4 is 10.1 Å². The molecule has 3 aromatic rings. The maximum Gasteiger partial charge on any atom is 0.275 e. The Balaban J connectivity index is 1.34. The number of nitrogens with zero attached hydrogens (tertiary/aromatic N) is 2. The molecule has 154 valence electrons. The first-order chi connectivity index (χ1) is 14.6. The summed E-state index contributed by atoms with van der Waals surface area (Å²) in [6.07, 6.45) is 1.53. The van der Waals surface area contributed by atoms with Crippen molar-refractivity contribution in [3.8, 4) is 5.75 Å². The van der Waals surface area contributed by atoms with E-state index in [1.165, 1.54) is 16.9 Å². The first-order valence-corrected chi connectivity index (χ1v) is 10.8. The maximum absolute atomic E-state index is 12.6. The minimum absolute atomic E-state index is 0.187. The number of anilines is 1. The highest BCUT2D eigenvalue weighted by atomic mass is 32.1. The molecule has 4 rings (SSSR count). The average molecular weight is 422 g/mol. The highest BCUT2D eigenvalue weighted by molar-refractivity contribution is 7.09. The van der Waals surface area contributed by atoms with Crippen LogP contribution in [0.3, 0.4) is 0 Å². The Labute approximate surface area is 179 Å². The van der Waals surface area contributed by atoms with E-state index in [1.807, 2.05) is 60.4 Å². The van der Waals surface area contributed by atoms with Crippen molar-refractivity contribution in [2.24, 2.45) is 0 Å². The van der Waals surface area contributed by atoms with Crippen LogP contribution in [0, 0.1) is 6.92 Å². The van der Waals surface area contributed by atoms with Gasteiger partial charge in [-0.15, -0.1) is 11.3 Å². The van der Waals surface area contributed by atoms with Gasteiger partial charge in [0.05, 0.1) is 0 Å². The SMILES string of the molecule is Cc1ccc(OCc2nc(C(=O)Nc3cccc(CN4CCCC4=O)c3)cs2)cc1. The normalized spacial score (nSPS) is 13.5. The smallest absolute Gasteiger partial charge is 0.275 e. The van der Waals surface area contributed by atoms with E-state index in [1.54, 1.807) is 5.38 Å². The minimum Gasteiger partial charge on any atom is -0.486 e. The van der Waals surface area contributed by atoms with Crippen molar-refractivity contribution in [3.05, 3.63) is 75.7 Å². The van der Waals surface area contributed by atoms with Crippen LogP contribution in [-0.4, -0.2) is 28.2 Å². The Morgan fingerprint density at radius 1 is 1.23 bits per heavy atom. The number of ether oxygens (including phenoxy) is 1. The molecule has 1 N–H and O–H groups in total. The van der Waals surface area contributed by atoms with Gasteiger partial charge in [-0.25, -0.2) is 4.98 Å². The Hall–Kier alpha value is -3.19. The molecule has 6 nitrogen and oxygen atoms in total. The summed E-state index contributed by atoms with van der Waals surface area (Å²) in [4.78, 5) is 30.6. The molecule has 30 heavy (non-hydrogen) atoms. The second-order valence-corrected chi connectivity index (χ2v) is 8.24. The molecule has 1 fully saturated rings. The molecule has 0 saturated carbocycles. The van der Waals surface area contributed by atoms with Crippen molar-refractivity contribution < 1.29 is 14.3 Å². The van der Waals surface area contributed by atoms with Crippen LogP contribution >= 0.6 is 11.3 Å². The predicted octanol–water partition coefficient (Wildman–Crippen LogP) is 4.41. The van der Waals surface area contributed by atoms with E-state index in [-0.39, 0.29) is 11.8 Å². The summed E-state index contributed by atoms with van der Waals surface area (Å²) in [7, 11) is 0. The van der Waals surface area contributed by atoms with Gasteiger partial charge in [0.15, 0.2) is 0 Å². The molecule has 0 atom stereocenters. The fraction of sp³-hybridized carbons (Fsp3) is 0.261. The largest absolute Gasteiger partial charge is 0.486 e. The molecule has 1 aliphatic rings. The number of hydrogen-bond acceptors (Lipinski definition) is 5. The third kappa shape index (κ3) is 5.04. The monoisotopic (exact) mass is 421 g/mol. The topological polar surface area (TPSA) is 71.5 Å². The van der Waals surface area contributed by atoms with E-state index in [2.05, 4.69) is 10.3 Å². The lowest BCUT2D eigenvalue weighted by molar-refractivity contribution is -0.128. The lowest BCUT2D eigenvalue weighted by Gasteiger charge is -2.16. The van der Waals surface area contributed by atoms with Crippen LogP contribution in [-0.2, 0) is 17.9 Å². The number of amides is 2. The van der Waals surface area contributed by atoms with Crippen LogP contribution in [0.25, 0.3) is 0 Å². The second-order valence-electron chi connectivity index (χ2n) is 7.30. The van der Waals surface area contributed by atoms with E-state index in [0.717, 1.165) is 29.3 Å². The van der Waals surface area contributed by atoms with Crippen molar-refractivity contribution >= 4 is 28.8 Å². The van der Waals surface area contributed by atoms with Gasteiger partial charge >= 0.3 is 0 Å². The number of carbonyl (C=O) groups excluding carboxylic acids is 2. The van der Waals surface area contributed by atoms with Gasteiger partial charge in [-0.05, 0) is 43.2 Å². The molecule has 0 radical (unpaired) electrons. The van der Waals surface area contributed by atoms with Crippen molar-refractivity contribution in [1.82, 2.24) is 9.88 Å². The predicted molar refractivity (Wildman–Crippen MR) is 117 cm³/mol. The molecule has 1 saturated heterocycles. The van der Waals surface area contributed by atoms with Crippen molar-refractivity contribution in [1.29, 1.82) is 0 Å². The fourth-order valence-corrected chi connectivity index (χ4v) is 3.98. The van der Waals surface area contributed by atoms with Crippen LogP contribution in [0.15, 0.2) is 53.9 Å². The number of nitrogens with one attached hydrogen (secondary N) is 1. The quantitative estimate of drug-likeness (QED) is 0.614. The molecular formula is C23H23N3O3S. The van der Waals surface area contributed by atoms with Crippen molar-refractivity contribution in [2.75, 3.05) is 11.9 Å². The van der Waals surface area contributed by atoms with E-state index in [4.69, 9.17) is 4.74 Å². The Kier molecular flexibility index (Phi) is 6.09. The van der Waals surface area contributed by atoms with E-state index < -0.39 is 0 Å². The van der Waals surface area contributed by atoms with E-state index in [9.17, 15) is 9.59 Å². The van der Waals surface area contributed by atoms with E-state index >= 15 is 0 Å². The van der Waals surface area contributed by atoms with Gasteiger partial charge in [0.1, 0.15) is 23.1 Å². The summed E-state index contributed by atoms with van der Waals surface area (Å²) >= 11 is 1.39. The number of aromatic nitrogens is 1. The number of carbonyl (C=O) groups is 2. The molecule has 0 aliphatic carbocycles. The van der Waals surface area contributed by atoms with Gasteiger partial charge in [-0.3, -0.25) is 9.59 Å². The summed E-state index contributed by atoms with van der Waals surface area (Å²) in [5.74, 6) is 0.699. The van der Waals surface area contributed by atoms with Crippen LogP contribution in [0.2, 0.25) is 0 Å². The van der Waals surface area contributed by atoms with E-state index in [0.29, 0.717) is 31.0 Å². The molecule has 2 aromatic carbocycles. The lowest BCUT2D eigenvalue weighted by Crippen LogP contribution is -2.23. The Morgan fingerprint density at radius 2 is 2.07 bits per heavy atom. The standard InChI is InChI=1S/C23H23N3O3S/c1-16-7-9-19(10-8-16)29-14-21-25-20(15-30-21)23(28)24-18-5-2-4-17(12-18)13-26-11-3-6-22(26)27/h2,4-5,7-10,12,15H,3,6,11,13-14H2,1H3,(H,24,28). The van der Waals surface area contributed by atoms with Gasteiger partial charge in [-0.2, -0.15) is 0 Å². The summed E-state index contributed by atoms with van der Waals surface area (Å²) in [6.45, 7) is 3.71. The minimum atomic E-state index is -0.262. The Bertz CT molecular complexity index is 1050. The van der Waals surface area contributed by atoms with Gasteiger partial charge in [0.2, 0.25) is 5.91 Å². The van der Waals surface area contributed by atoms with Crippen LogP contribution in [0.1, 0.15) is 39.5 Å². The highest BCUT2D eigenvalue weighted by Gasteiger charge is 2.20. The molecule has 0 spiro atoms. The number of aryl methyl sites for hydroxylation is 1. The number of rotatable bonds is 7.